The average Bonchev–Trinajstić information content (AvgIpc) is 2.53. The molecule has 0 aromatic rings. The predicted octanol–water partition coefficient (Wildman–Crippen LogP) is 2.50. The van der Waals surface area contributed by atoms with E-state index in [4.69, 9.17) is 4.74 Å². The van der Waals surface area contributed by atoms with E-state index in [0.29, 0.717) is 12.5 Å². The first-order valence-electron chi connectivity index (χ1n) is 5.42. The Morgan fingerprint density at radius 2 is 1.86 bits per heavy atom. The predicted molar refractivity (Wildman–Crippen MR) is 57.8 cm³/mol. The molecule has 14 heavy (non-hydrogen) atoms. The lowest BCUT2D eigenvalue weighted by molar-refractivity contribution is -0.0735. The van der Waals surface area contributed by atoms with Crippen molar-refractivity contribution in [2.45, 2.75) is 33.0 Å². The van der Waals surface area contributed by atoms with E-state index in [9.17, 15) is 5.11 Å². The molecule has 0 bridgehead atoms. The molecule has 0 aliphatic carbocycles. The Morgan fingerprint density at radius 1 is 1.21 bits per heavy atom. The summed E-state index contributed by atoms with van der Waals surface area (Å²) < 4.78 is 5.23. The lowest BCUT2D eigenvalue weighted by atomic mass is 9.93. The summed E-state index contributed by atoms with van der Waals surface area (Å²) in [5.41, 5.74) is 0. The molecule has 1 aliphatic heterocycles. The molecule has 2 nitrogen and oxygen atoms in total. The monoisotopic (exact) mass is 196 g/mol. The summed E-state index contributed by atoms with van der Waals surface area (Å²) in [6, 6.07) is 0. The lowest BCUT2D eigenvalue weighted by Crippen LogP contribution is -2.16. The average molecular weight is 196 g/mol. The molecule has 1 fully saturated rings. The third kappa shape index (κ3) is 2.96. The van der Waals surface area contributed by atoms with Gasteiger partial charge in [0, 0.05) is 11.8 Å². The molecule has 1 aliphatic rings. The topological polar surface area (TPSA) is 29.5 Å². The normalized spacial score (nSPS) is 33.5. The molecule has 1 heterocycles. The van der Waals surface area contributed by atoms with Crippen LogP contribution < -0.4 is 0 Å². The van der Waals surface area contributed by atoms with Crippen LogP contribution in [0.2, 0.25) is 0 Å². The molecule has 0 amide bonds. The van der Waals surface area contributed by atoms with Gasteiger partial charge in [0.2, 0.25) is 0 Å². The first-order chi connectivity index (χ1) is 6.79. The molecule has 0 saturated carbocycles. The first kappa shape index (κ1) is 11.5. The molecular formula is C12H20O2. The molecule has 0 radical (unpaired) electrons. The van der Waals surface area contributed by atoms with Crippen LogP contribution in [0.25, 0.3) is 0 Å². The quantitative estimate of drug-likeness (QED) is 0.700. The number of rotatable bonds is 4. The number of hydrogen-bond donors (Lipinski definition) is 1. The van der Waals surface area contributed by atoms with Crippen molar-refractivity contribution in [3.63, 3.8) is 0 Å². The molecule has 1 N–H and O–H groups in total. The van der Waals surface area contributed by atoms with Gasteiger partial charge in [-0.2, -0.15) is 0 Å². The second-order valence-electron chi connectivity index (χ2n) is 3.64. The van der Waals surface area contributed by atoms with Gasteiger partial charge in [-0.25, -0.2) is 0 Å². The van der Waals surface area contributed by atoms with Gasteiger partial charge in [0.05, 0.1) is 6.61 Å². The van der Waals surface area contributed by atoms with Crippen molar-refractivity contribution in [3.05, 3.63) is 24.3 Å². The highest BCUT2D eigenvalue weighted by atomic mass is 16.6. The highest BCUT2D eigenvalue weighted by Gasteiger charge is 2.32. The summed E-state index contributed by atoms with van der Waals surface area (Å²) in [5, 5.41) is 9.58. The van der Waals surface area contributed by atoms with E-state index in [-0.39, 0.29) is 5.92 Å². The molecule has 1 rings (SSSR count). The highest BCUT2D eigenvalue weighted by Crippen LogP contribution is 2.28. The zero-order valence-corrected chi connectivity index (χ0v) is 9.02. The first-order valence-corrected chi connectivity index (χ1v) is 5.42. The van der Waals surface area contributed by atoms with Crippen molar-refractivity contribution >= 4 is 0 Å². The van der Waals surface area contributed by atoms with Crippen LogP contribution in [0.15, 0.2) is 24.3 Å². The fourth-order valence-corrected chi connectivity index (χ4v) is 1.67. The Bertz CT molecular complexity index is 208. The molecule has 0 spiro atoms. The van der Waals surface area contributed by atoms with Gasteiger partial charge in [-0.1, -0.05) is 38.2 Å². The van der Waals surface area contributed by atoms with Crippen LogP contribution in [0.5, 0.6) is 0 Å². The van der Waals surface area contributed by atoms with E-state index in [1.165, 1.54) is 0 Å². The van der Waals surface area contributed by atoms with Crippen LogP contribution in [0.1, 0.15) is 26.7 Å². The smallest absolute Gasteiger partial charge is 0.161 e. The summed E-state index contributed by atoms with van der Waals surface area (Å²) in [6.07, 6.45) is 9.88. The van der Waals surface area contributed by atoms with Gasteiger partial charge in [0.15, 0.2) is 6.29 Å². The van der Waals surface area contributed by atoms with Crippen molar-refractivity contribution in [3.8, 4) is 0 Å². The number of aliphatic hydroxyl groups excluding tert-OH is 1. The standard InChI is InChI=1S/C12H20O2/c1-3-5-7-10-9-14-12(13)11(10)8-6-4-2/h5-8,10-13H,3-4,9H2,1-2H3/b7-5+,8-6+/t10-,11-,12?/m0/s1. The molecule has 0 aromatic heterocycles. The third-order valence-electron chi connectivity index (χ3n) is 2.50. The molecule has 1 unspecified atom stereocenters. The molecule has 1 saturated heterocycles. The SMILES string of the molecule is CC/C=C/[C@@H]1C(O)OC[C@@H]1/C=C/CC. The van der Waals surface area contributed by atoms with E-state index >= 15 is 0 Å². The van der Waals surface area contributed by atoms with Gasteiger partial charge >= 0.3 is 0 Å². The minimum Gasteiger partial charge on any atom is -0.367 e. The zero-order valence-electron chi connectivity index (χ0n) is 9.02. The third-order valence-corrected chi connectivity index (χ3v) is 2.50. The minimum atomic E-state index is -0.621. The maximum atomic E-state index is 9.58. The lowest BCUT2D eigenvalue weighted by Gasteiger charge is -2.12. The van der Waals surface area contributed by atoms with Gasteiger partial charge in [0.25, 0.3) is 0 Å². The maximum absolute atomic E-state index is 9.58. The summed E-state index contributed by atoms with van der Waals surface area (Å²) in [6.45, 7) is 4.84. The molecular weight excluding hydrogens is 176 g/mol. The van der Waals surface area contributed by atoms with Crippen LogP contribution in [-0.2, 0) is 4.74 Å². The highest BCUT2D eigenvalue weighted by molar-refractivity contribution is 5.03. The van der Waals surface area contributed by atoms with Gasteiger partial charge in [0.1, 0.15) is 0 Å². The van der Waals surface area contributed by atoms with E-state index in [0.717, 1.165) is 12.8 Å². The largest absolute Gasteiger partial charge is 0.367 e. The van der Waals surface area contributed by atoms with Crippen LogP contribution in [-0.4, -0.2) is 18.0 Å². The van der Waals surface area contributed by atoms with Crippen molar-refractivity contribution in [1.82, 2.24) is 0 Å². The summed E-state index contributed by atoms with van der Waals surface area (Å²) in [7, 11) is 0. The number of hydrogen-bond acceptors (Lipinski definition) is 2. The van der Waals surface area contributed by atoms with Crippen LogP contribution in [0, 0.1) is 11.8 Å². The Labute approximate surface area is 86.3 Å². The second kappa shape index (κ2) is 5.99. The van der Waals surface area contributed by atoms with E-state index < -0.39 is 6.29 Å². The van der Waals surface area contributed by atoms with Crippen molar-refractivity contribution in [1.29, 1.82) is 0 Å². The molecule has 2 heteroatoms. The van der Waals surface area contributed by atoms with Crippen molar-refractivity contribution < 1.29 is 9.84 Å². The van der Waals surface area contributed by atoms with Gasteiger partial charge in [-0.05, 0) is 12.8 Å². The fourth-order valence-electron chi connectivity index (χ4n) is 1.67. The van der Waals surface area contributed by atoms with E-state index in [2.05, 4.69) is 38.2 Å². The summed E-state index contributed by atoms with van der Waals surface area (Å²) in [5.74, 6) is 0.477. The zero-order chi connectivity index (χ0) is 10.4. The Balaban J connectivity index is 2.57. The second-order valence-corrected chi connectivity index (χ2v) is 3.64. The summed E-state index contributed by atoms with van der Waals surface area (Å²) >= 11 is 0. The van der Waals surface area contributed by atoms with Gasteiger partial charge < -0.3 is 9.84 Å². The number of ether oxygens (including phenoxy) is 1. The maximum Gasteiger partial charge on any atom is 0.161 e. The van der Waals surface area contributed by atoms with Crippen molar-refractivity contribution in [2.75, 3.05) is 6.61 Å². The van der Waals surface area contributed by atoms with Crippen LogP contribution in [0.4, 0.5) is 0 Å². The number of allylic oxidation sites excluding steroid dienone is 2. The van der Waals surface area contributed by atoms with Gasteiger partial charge in [-0.15, -0.1) is 0 Å². The summed E-state index contributed by atoms with van der Waals surface area (Å²) in [4.78, 5) is 0. The van der Waals surface area contributed by atoms with Crippen LogP contribution >= 0.6 is 0 Å². The Morgan fingerprint density at radius 3 is 2.50 bits per heavy atom. The Kier molecular flexibility index (Phi) is 4.91. The molecule has 80 valence electrons. The Hall–Kier alpha value is -0.600. The molecule has 0 aromatic carbocycles. The van der Waals surface area contributed by atoms with Crippen LogP contribution in [0.3, 0.4) is 0 Å². The van der Waals surface area contributed by atoms with Gasteiger partial charge in [-0.3, -0.25) is 0 Å². The van der Waals surface area contributed by atoms with E-state index in [1.807, 2.05) is 0 Å². The van der Waals surface area contributed by atoms with Crippen molar-refractivity contribution in [2.24, 2.45) is 11.8 Å². The fraction of sp³-hybridized carbons (Fsp3) is 0.667. The number of aliphatic hydroxyl groups is 1. The van der Waals surface area contributed by atoms with E-state index in [1.54, 1.807) is 0 Å². The molecule has 3 atom stereocenters. The minimum absolute atomic E-state index is 0.137.